The van der Waals surface area contributed by atoms with Gasteiger partial charge in [-0.1, -0.05) is 6.08 Å². The second-order valence-electron chi connectivity index (χ2n) is 9.43. The fraction of sp³-hybridized carbons (Fsp3) is 0.370. The Morgan fingerprint density at radius 3 is 2.78 bits per heavy atom. The predicted molar refractivity (Wildman–Crippen MR) is 125 cm³/mol. The van der Waals surface area contributed by atoms with Crippen molar-refractivity contribution in [3.63, 3.8) is 0 Å². The van der Waals surface area contributed by atoms with Crippen LogP contribution in [0.5, 0.6) is 11.5 Å². The van der Waals surface area contributed by atoms with Gasteiger partial charge >= 0.3 is 0 Å². The van der Waals surface area contributed by atoms with Crippen LogP contribution in [0, 0.1) is 11.8 Å². The molecule has 0 aliphatic carbocycles. The molecule has 0 amide bonds. The number of rotatable bonds is 6. The number of pyridine rings is 1. The molecular weight excluding hydrogens is 400 g/mol. The van der Waals surface area contributed by atoms with Crippen LogP contribution in [0.1, 0.15) is 30.1 Å². The first-order chi connectivity index (χ1) is 15.5. The highest BCUT2D eigenvalue weighted by Crippen LogP contribution is 2.48. The molecule has 5 unspecified atom stereocenters. The third-order valence-corrected chi connectivity index (χ3v) is 7.78. The quantitative estimate of drug-likeness (QED) is 0.443. The third kappa shape index (κ3) is 3.55. The minimum Gasteiger partial charge on any atom is -0.508 e. The number of hydrogen-bond acceptors (Lipinski definition) is 4. The standard InChI is InChI=1S/C27H30N2O3/c1-3-19-17-29(16-18-4-6-21(30)7-5-18)13-11-20(19)14-26(29)27(31)23-10-12-28-25-9-8-22(32-2)15-24(23)25/h3-10,12,15,19-20,26-27,31H,1,11,13-14,16-17H2,2H3/p+1. The van der Waals surface area contributed by atoms with Crippen molar-refractivity contribution in [2.24, 2.45) is 11.8 Å². The Labute approximate surface area is 189 Å². The van der Waals surface area contributed by atoms with Crippen LogP contribution in [0.2, 0.25) is 0 Å². The molecule has 0 saturated carbocycles. The summed E-state index contributed by atoms with van der Waals surface area (Å²) in [5, 5.41) is 22.5. The van der Waals surface area contributed by atoms with Gasteiger partial charge in [0.1, 0.15) is 30.2 Å². The number of phenols is 1. The van der Waals surface area contributed by atoms with Gasteiger partial charge in [-0.15, -0.1) is 6.58 Å². The highest BCUT2D eigenvalue weighted by molar-refractivity contribution is 5.83. The van der Waals surface area contributed by atoms with Crippen LogP contribution in [0.15, 0.2) is 67.4 Å². The first kappa shape index (κ1) is 21.0. The number of benzene rings is 2. The van der Waals surface area contributed by atoms with E-state index in [4.69, 9.17) is 4.74 Å². The molecule has 3 aliphatic rings. The van der Waals surface area contributed by atoms with Crippen molar-refractivity contribution in [2.75, 3.05) is 20.2 Å². The largest absolute Gasteiger partial charge is 0.508 e. The lowest BCUT2D eigenvalue weighted by Gasteiger charge is -2.58. The molecule has 4 heterocycles. The first-order valence-corrected chi connectivity index (χ1v) is 11.4. The highest BCUT2D eigenvalue weighted by atomic mass is 16.5. The number of nitrogens with zero attached hydrogens (tertiary/aromatic N) is 2. The fourth-order valence-corrected chi connectivity index (χ4v) is 6.08. The second kappa shape index (κ2) is 8.23. The van der Waals surface area contributed by atoms with E-state index in [1.165, 1.54) is 5.56 Å². The van der Waals surface area contributed by atoms with E-state index in [-0.39, 0.29) is 11.8 Å². The number of fused-ring (bicyclic) bond motifs is 4. The molecule has 32 heavy (non-hydrogen) atoms. The number of phenolic OH excluding ortho intramolecular Hbond substituents is 1. The Bertz CT molecular complexity index is 1130. The van der Waals surface area contributed by atoms with Crippen molar-refractivity contribution >= 4 is 10.9 Å². The third-order valence-electron chi connectivity index (χ3n) is 7.78. The molecule has 2 bridgehead atoms. The average molecular weight is 432 g/mol. The smallest absolute Gasteiger partial charge is 0.131 e. The van der Waals surface area contributed by atoms with Gasteiger partial charge in [-0.05, 0) is 60.0 Å². The van der Waals surface area contributed by atoms with Gasteiger partial charge in [0.25, 0.3) is 0 Å². The summed E-state index contributed by atoms with van der Waals surface area (Å²) in [5.74, 6) is 2.08. The Morgan fingerprint density at radius 1 is 1.22 bits per heavy atom. The molecule has 1 aromatic heterocycles. The van der Waals surface area contributed by atoms with E-state index >= 15 is 0 Å². The lowest BCUT2D eigenvalue weighted by atomic mass is 9.71. The van der Waals surface area contributed by atoms with Gasteiger partial charge in [0, 0.05) is 35.9 Å². The van der Waals surface area contributed by atoms with E-state index in [1.807, 2.05) is 36.4 Å². The second-order valence-corrected chi connectivity index (χ2v) is 9.43. The minimum atomic E-state index is -0.599. The van der Waals surface area contributed by atoms with Gasteiger partial charge in [-0.25, -0.2) is 0 Å². The molecule has 3 aromatic rings. The summed E-state index contributed by atoms with van der Waals surface area (Å²) in [5.41, 5.74) is 2.97. The average Bonchev–Trinajstić information content (AvgIpc) is 2.84. The number of quaternary nitrogens is 1. The molecule has 2 aromatic carbocycles. The number of aliphatic hydroxyl groups excluding tert-OH is 1. The molecule has 3 fully saturated rings. The summed E-state index contributed by atoms with van der Waals surface area (Å²) in [7, 11) is 1.66. The number of aromatic hydroxyl groups is 1. The maximum atomic E-state index is 11.8. The van der Waals surface area contributed by atoms with E-state index in [2.05, 4.69) is 17.6 Å². The molecule has 5 nitrogen and oxygen atoms in total. The van der Waals surface area contributed by atoms with Crippen molar-refractivity contribution in [3.05, 3.63) is 78.5 Å². The SMILES string of the molecule is C=CC1C[N+]2(Cc3ccc(O)cc3)CCC1CC2C(O)c1ccnc2ccc(OC)cc12. The fourth-order valence-electron chi connectivity index (χ4n) is 6.08. The number of hydrogen-bond donors (Lipinski definition) is 2. The van der Waals surface area contributed by atoms with Crippen LogP contribution < -0.4 is 4.74 Å². The molecule has 3 saturated heterocycles. The zero-order valence-corrected chi connectivity index (χ0v) is 18.5. The van der Waals surface area contributed by atoms with Crippen LogP contribution in [0.4, 0.5) is 0 Å². The summed E-state index contributed by atoms with van der Waals surface area (Å²) < 4.78 is 6.28. The lowest BCUT2D eigenvalue weighted by Crippen LogP contribution is -2.67. The van der Waals surface area contributed by atoms with Gasteiger partial charge in [0.2, 0.25) is 0 Å². The molecule has 3 aliphatic heterocycles. The maximum absolute atomic E-state index is 11.8. The van der Waals surface area contributed by atoms with Crippen LogP contribution in [-0.2, 0) is 6.54 Å². The Hall–Kier alpha value is -2.89. The summed E-state index contributed by atoms with van der Waals surface area (Å²) in [6.07, 6.45) is 5.44. The normalized spacial score (nSPS) is 27.9. The first-order valence-electron chi connectivity index (χ1n) is 11.4. The molecule has 6 rings (SSSR count). The lowest BCUT2D eigenvalue weighted by molar-refractivity contribution is -0.984. The van der Waals surface area contributed by atoms with Crippen LogP contribution >= 0.6 is 0 Å². The number of aromatic nitrogens is 1. The van der Waals surface area contributed by atoms with E-state index in [9.17, 15) is 10.2 Å². The molecule has 5 atom stereocenters. The van der Waals surface area contributed by atoms with Gasteiger partial charge in [0.15, 0.2) is 0 Å². The monoisotopic (exact) mass is 431 g/mol. The minimum absolute atomic E-state index is 0.0931. The zero-order valence-electron chi connectivity index (χ0n) is 18.5. The summed E-state index contributed by atoms with van der Waals surface area (Å²) in [6.45, 7) is 6.99. The van der Waals surface area contributed by atoms with Crippen LogP contribution in [-0.4, -0.2) is 45.9 Å². The summed E-state index contributed by atoms with van der Waals surface area (Å²) in [6, 6.07) is 15.4. The van der Waals surface area contributed by atoms with Crippen molar-refractivity contribution in [1.82, 2.24) is 4.98 Å². The molecule has 166 valence electrons. The van der Waals surface area contributed by atoms with E-state index in [1.54, 1.807) is 25.4 Å². The molecule has 2 N–H and O–H groups in total. The topological polar surface area (TPSA) is 62.6 Å². The van der Waals surface area contributed by atoms with Crippen molar-refractivity contribution in [1.29, 1.82) is 0 Å². The van der Waals surface area contributed by atoms with Crippen LogP contribution in [0.25, 0.3) is 10.9 Å². The van der Waals surface area contributed by atoms with Gasteiger partial charge in [0.05, 0.1) is 25.7 Å². The van der Waals surface area contributed by atoms with Crippen molar-refractivity contribution in [3.8, 4) is 11.5 Å². The highest BCUT2D eigenvalue weighted by Gasteiger charge is 2.53. The molecule has 0 radical (unpaired) electrons. The number of piperidine rings is 3. The number of aliphatic hydroxyl groups is 1. The van der Waals surface area contributed by atoms with Crippen LogP contribution in [0.3, 0.4) is 0 Å². The summed E-state index contributed by atoms with van der Waals surface area (Å²) >= 11 is 0. The maximum Gasteiger partial charge on any atom is 0.131 e. The Morgan fingerprint density at radius 2 is 2.03 bits per heavy atom. The van der Waals surface area contributed by atoms with Gasteiger partial charge in [-0.3, -0.25) is 4.98 Å². The van der Waals surface area contributed by atoms with E-state index in [0.29, 0.717) is 11.8 Å². The van der Waals surface area contributed by atoms with Gasteiger partial charge < -0.3 is 19.4 Å². The molecular formula is C27H31N2O3+. The number of ether oxygens (including phenoxy) is 1. The Kier molecular flexibility index (Phi) is 5.39. The van der Waals surface area contributed by atoms with Crippen molar-refractivity contribution in [2.45, 2.75) is 31.5 Å². The Balaban J connectivity index is 1.55. The van der Waals surface area contributed by atoms with Gasteiger partial charge in [-0.2, -0.15) is 0 Å². The number of methoxy groups -OCH3 is 1. The summed E-state index contributed by atoms with van der Waals surface area (Å²) in [4.78, 5) is 4.50. The van der Waals surface area contributed by atoms with E-state index in [0.717, 1.165) is 59.2 Å². The van der Waals surface area contributed by atoms with Crippen molar-refractivity contribution < 1.29 is 19.4 Å². The zero-order chi connectivity index (χ0) is 22.3. The molecule has 5 heteroatoms. The van der Waals surface area contributed by atoms with E-state index < -0.39 is 6.10 Å². The predicted octanol–water partition coefficient (Wildman–Crippen LogP) is 4.59. The molecule has 0 spiro atoms.